The Kier molecular flexibility index (Phi) is 8.28. The zero-order chi connectivity index (χ0) is 16.7. The highest BCUT2D eigenvalue weighted by Gasteiger charge is 2.44. The van der Waals surface area contributed by atoms with Crippen LogP contribution in [0.15, 0.2) is 0 Å². The molecule has 0 aromatic carbocycles. The third-order valence-electron chi connectivity index (χ3n) is 2.47. The van der Waals surface area contributed by atoms with E-state index in [2.05, 4.69) is 9.05 Å². The lowest BCUT2D eigenvalue weighted by Crippen LogP contribution is -2.31. The van der Waals surface area contributed by atoms with E-state index in [0.717, 1.165) is 12.8 Å². The van der Waals surface area contributed by atoms with Crippen molar-refractivity contribution in [3.63, 3.8) is 0 Å². The number of rotatable bonds is 9. The highest BCUT2D eigenvalue weighted by Crippen LogP contribution is 2.49. The topological polar surface area (TPSA) is 35.5 Å². The van der Waals surface area contributed by atoms with Crippen molar-refractivity contribution in [1.82, 2.24) is 0 Å². The van der Waals surface area contributed by atoms with Crippen LogP contribution < -0.4 is 0 Å². The summed E-state index contributed by atoms with van der Waals surface area (Å²) in [6, 6.07) is 0. The number of alkyl halides is 6. The minimum absolute atomic E-state index is 0.178. The van der Waals surface area contributed by atoms with Gasteiger partial charge in [0.15, 0.2) is 12.7 Å². The van der Waals surface area contributed by atoms with Crippen LogP contribution in [0.2, 0.25) is 0 Å². The maximum atomic E-state index is 12.7. The van der Waals surface area contributed by atoms with Gasteiger partial charge in [-0.25, -0.2) is 0 Å². The van der Waals surface area contributed by atoms with Crippen molar-refractivity contribution < 1.29 is 40.0 Å². The van der Waals surface area contributed by atoms with E-state index < -0.39 is 39.1 Å². The van der Waals surface area contributed by atoms with Gasteiger partial charge in [-0.1, -0.05) is 32.6 Å². The molecule has 0 aliphatic heterocycles. The fourth-order valence-electron chi connectivity index (χ4n) is 1.48. The zero-order valence-corrected chi connectivity index (χ0v) is 12.7. The maximum absolute atomic E-state index is 12.7. The average molecular weight is 344 g/mol. The lowest BCUT2D eigenvalue weighted by molar-refractivity contribution is -0.201. The summed E-state index contributed by atoms with van der Waals surface area (Å²) in [7, 11) is -4.44. The lowest BCUT2D eigenvalue weighted by atomic mass is 10.1. The van der Waals surface area contributed by atoms with Gasteiger partial charge in [0.05, 0.1) is 0 Å². The molecule has 0 N–H and O–H groups in total. The largest absolute Gasteiger partial charge is 0.415 e. The molecule has 0 fully saturated rings. The van der Waals surface area contributed by atoms with E-state index in [1.54, 1.807) is 0 Å². The van der Waals surface area contributed by atoms with Gasteiger partial charge in [-0.05, 0) is 6.42 Å². The summed E-state index contributed by atoms with van der Waals surface area (Å²) in [5, 5.41) is 0. The molecule has 0 spiro atoms. The first-order chi connectivity index (χ1) is 9.37. The van der Waals surface area contributed by atoms with Gasteiger partial charge < -0.3 is 0 Å². The first-order valence-electron chi connectivity index (χ1n) is 6.41. The Hall–Kier alpha value is -0.270. The molecule has 0 saturated heterocycles. The fourth-order valence-corrected chi connectivity index (χ4v) is 2.61. The molecule has 0 unspecified atom stereocenters. The minimum atomic E-state index is -4.81. The van der Waals surface area contributed by atoms with Gasteiger partial charge in [-0.3, -0.25) is 13.6 Å². The third-order valence-corrected chi connectivity index (χ3v) is 3.70. The summed E-state index contributed by atoms with van der Waals surface area (Å²) in [6.45, 7) is 0.563. The number of hydrogen-bond donors (Lipinski definition) is 0. The zero-order valence-electron chi connectivity index (χ0n) is 11.8. The van der Waals surface area contributed by atoms with E-state index in [4.69, 9.17) is 0 Å². The monoisotopic (exact) mass is 344 g/mol. The maximum Gasteiger partial charge on any atom is 0.415 e. The summed E-state index contributed by atoms with van der Waals surface area (Å²) in [5.41, 5.74) is 0. The van der Waals surface area contributed by atoms with Crippen molar-refractivity contribution in [3.05, 3.63) is 0 Å². The Balaban J connectivity index is 4.54. The van der Waals surface area contributed by atoms with Crippen LogP contribution in [0.5, 0.6) is 0 Å². The lowest BCUT2D eigenvalue weighted by Gasteiger charge is -2.24. The normalized spacial score (nSPS) is 17.5. The molecule has 3 nitrogen and oxygen atoms in total. The van der Waals surface area contributed by atoms with Crippen LogP contribution >= 0.6 is 7.60 Å². The average Bonchev–Trinajstić information content (AvgIpc) is 2.28. The number of unbranched alkanes of at least 4 members (excludes halogenated alkanes) is 3. The summed E-state index contributed by atoms with van der Waals surface area (Å²) < 4.78 is 93.7. The molecule has 0 aliphatic rings. The Bertz CT molecular complexity index is 342. The van der Waals surface area contributed by atoms with Gasteiger partial charge in [0.1, 0.15) is 0 Å². The molecule has 0 amide bonds. The molecular weight excluding hydrogens is 325 g/mol. The van der Waals surface area contributed by atoms with Crippen LogP contribution in [0.25, 0.3) is 0 Å². The SMILES string of the molecule is CCCCCC[C@@H](O[P@](C)(=O)OCC(F)(F)F)C(F)(F)F. The summed E-state index contributed by atoms with van der Waals surface area (Å²) in [6.07, 6.45) is -10.2. The second-order valence-corrected chi connectivity index (χ2v) is 6.66. The molecule has 21 heavy (non-hydrogen) atoms. The van der Waals surface area contributed by atoms with E-state index in [-0.39, 0.29) is 6.42 Å². The molecule has 0 bridgehead atoms. The Morgan fingerprint density at radius 2 is 1.62 bits per heavy atom. The van der Waals surface area contributed by atoms with Crippen LogP contribution in [0.4, 0.5) is 26.3 Å². The van der Waals surface area contributed by atoms with Crippen molar-refractivity contribution in [2.75, 3.05) is 13.3 Å². The van der Waals surface area contributed by atoms with Crippen LogP contribution in [-0.2, 0) is 13.6 Å². The van der Waals surface area contributed by atoms with E-state index in [1.165, 1.54) is 0 Å². The first-order valence-corrected chi connectivity index (χ1v) is 8.40. The van der Waals surface area contributed by atoms with E-state index in [0.29, 0.717) is 13.1 Å². The van der Waals surface area contributed by atoms with Gasteiger partial charge in [-0.15, -0.1) is 0 Å². The molecule has 0 aromatic heterocycles. The smallest absolute Gasteiger partial charge is 0.299 e. The highest BCUT2D eigenvalue weighted by atomic mass is 31.2. The standard InChI is InChI=1S/C11H19F6O3P/c1-3-4-5-6-7-9(11(15,16)17)20-21(2,18)19-8-10(12,13)14/h9H,3-8H2,1-2H3/t9-,21-/m1/s1. The Morgan fingerprint density at radius 3 is 2.05 bits per heavy atom. The Labute approximate surface area is 119 Å². The van der Waals surface area contributed by atoms with E-state index >= 15 is 0 Å². The predicted octanol–water partition coefficient (Wildman–Crippen LogP) is 5.31. The summed E-state index contributed by atoms with van der Waals surface area (Å²) in [5.74, 6) is 0. The summed E-state index contributed by atoms with van der Waals surface area (Å²) >= 11 is 0. The van der Waals surface area contributed by atoms with Crippen molar-refractivity contribution in [2.45, 2.75) is 57.5 Å². The van der Waals surface area contributed by atoms with Crippen LogP contribution in [0, 0.1) is 0 Å². The van der Waals surface area contributed by atoms with E-state index in [9.17, 15) is 30.9 Å². The second-order valence-electron chi connectivity index (χ2n) is 4.64. The third kappa shape index (κ3) is 11.0. The van der Waals surface area contributed by atoms with Crippen molar-refractivity contribution >= 4 is 7.60 Å². The van der Waals surface area contributed by atoms with Gasteiger partial charge in [-0.2, -0.15) is 26.3 Å². The van der Waals surface area contributed by atoms with Crippen molar-refractivity contribution in [3.8, 4) is 0 Å². The van der Waals surface area contributed by atoms with Gasteiger partial charge in [0.25, 0.3) is 0 Å². The fraction of sp³-hybridized carbons (Fsp3) is 1.00. The van der Waals surface area contributed by atoms with Crippen molar-refractivity contribution in [1.29, 1.82) is 0 Å². The van der Waals surface area contributed by atoms with Crippen LogP contribution in [0.1, 0.15) is 39.0 Å². The number of hydrogen-bond acceptors (Lipinski definition) is 3. The van der Waals surface area contributed by atoms with Gasteiger partial charge in [0, 0.05) is 6.66 Å². The first kappa shape index (κ1) is 20.7. The Morgan fingerprint density at radius 1 is 1.05 bits per heavy atom. The minimum Gasteiger partial charge on any atom is -0.299 e. The molecule has 0 heterocycles. The molecule has 128 valence electrons. The molecule has 2 atom stereocenters. The van der Waals surface area contributed by atoms with Crippen LogP contribution in [0.3, 0.4) is 0 Å². The molecule has 0 aromatic rings. The summed E-state index contributed by atoms with van der Waals surface area (Å²) in [4.78, 5) is 0. The number of halogens is 6. The molecule has 0 rings (SSSR count). The quantitative estimate of drug-likeness (QED) is 0.323. The predicted molar refractivity (Wildman–Crippen MR) is 65.2 cm³/mol. The van der Waals surface area contributed by atoms with Gasteiger partial charge in [0.2, 0.25) is 0 Å². The van der Waals surface area contributed by atoms with Crippen molar-refractivity contribution in [2.24, 2.45) is 0 Å². The molecule has 0 radical (unpaired) electrons. The molecular formula is C11H19F6O3P. The van der Waals surface area contributed by atoms with E-state index in [1.807, 2.05) is 6.92 Å². The molecule has 10 heteroatoms. The second kappa shape index (κ2) is 8.39. The molecule has 0 saturated carbocycles. The van der Waals surface area contributed by atoms with Gasteiger partial charge >= 0.3 is 19.9 Å². The highest BCUT2D eigenvalue weighted by molar-refractivity contribution is 7.53. The van der Waals surface area contributed by atoms with Crippen LogP contribution in [-0.4, -0.2) is 31.7 Å². The molecule has 0 aliphatic carbocycles.